The first-order valence-corrected chi connectivity index (χ1v) is 7.71. The molecule has 122 valence electrons. The van der Waals surface area contributed by atoms with Crippen LogP contribution in [0.25, 0.3) is 0 Å². The number of rotatable bonds is 4. The van der Waals surface area contributed by atoms with Crippen molar-refractivity contribution in [1.82, 2.24) is 4.90 Å². The maximum atomic E-state index is 13.0. The van der Waals surface area contributed by atoms with Gasteiger partial charge in [0.2, 0.25) is 5.91 Å². The number of carbonyl (C=O) groups is 3. The average molecular weight is 319 g/mol. The first-order chi connectivity index (χ1) is 11.0. The van der Waals surface area contributed by atoms with E-state index >= 15 is 0 Å². The minimum Gasteiger partial charge on any atom is -0.465 e. The fourth-order valence-electron chi connectivity index (χ4n) is 3.05. The highest BCUT2D eigenvalue weighted by Gasteiger charge is 2.60. The molecule has 23 heavy (non-hydrogen) atoms. The Morgan fingerprint density at radius 2 is 1.96 bits per heavy atom. The van der Waals surface area contributed by atoms with Gasteiger partial charge in [-0.2, -0.15) is 0 Å². The second-order valence-corrected chi connectivity index (χ2v) is 6.15. The molecule has 1 aliphatic carbocycles. The zero-order chi connectivity index (χ0) is 16.6. The summed E-state index contributed by atoms with van der Waals surface area (Å²) in [5.41, 5.74) is 0.165. The van der Waals surface area contributed by atoms with Gasteiger partial charge < -0.3 is 9.64 Å². The van der Waals surface area contributed by atoms with Crippen molar-refractivity contribution in [3.05, 3.63) is 35.6 Å². The highest BCUT2D eigenvalue weighted by atomic mass is 19.1. The number of hydrogen-bond acceptors (Lipinski definition) is 4. The molecule has 0 bridgehead atoms. The first kappa shape index (κ1) is 15.6. The molecule has 1 amide bonds. The molecule has 6 heteroatoms. The summed E-state index contributed by atoms with van der Waals surface area (Å²) in [5, 5.41) is 0. The van der Waals surface area contributed by atoms with Crippen LogP contribution in [-0.2, 0) is 25.7 Å². The molecule has 1 spiro atoms. The van der Waals surface area contributed by atoms with Crippen molar-refractivity contribution in [2.75, 3.05) is 13.2 Å². The topological polar surface area (TPSA) is 63.7 Å². The molecule has 3 rings (SSSR count). The van der Waals surface area contributed by atoms with Crippen LogP contribution in [0, 0.1) is 17.2 Å². The molecule has 1 unspecified atom stereocenters. The number of carbonyl (C=O) groups excluding carboxylic acids is 3. The van der Waals surface area contributed by atoms with Crippen LogP contribution in [0.5, 0.6) is 0 Å². The summed E-state index contributed by atoms with van der Waals surface area (Å²) in [6.07, 6.45) is 1.38. The van der Waals surface area contributed by atoms with E-state index in [0.717, 1.165) is 5.56 Å². The predicted molar refractivity (Wildman–Crippen MR) is 78.6 cm³/mol. The van der Waals surface area contributed by atoms with Gasteiger partial charge in [-0.25, -0.2) is 4.39 Å². The predicted octanol–water partition coefficient (Wildman–Crippen LogP) is 1.70. The maximum Gasteiger partial charge on any atom is 0.326 e. The number of amides is 1. The number of halogens is 1. The zero-order valence-corrected chi connectivity index (χ0v) is 12.9. The molecule has 1 atom stereocenters. The Balaban J connectivity index is 1.83. The average Bonchev–Trinajstić information content (AvgIpc) is 3.28. The highest BCUT2D eigenvalue weighted by molar-refractivity contribution is 6.20. The molecule has 0 aromatic heterocycles. The third kappa shape index (κ3) is 2.85. The van der Waals surface area contributed by atoms with E-state index in [1.54, 1.807) is 19.1 Å². The number of benzene rings is 1. The Morgan fingerprint density at radius 3 is 2.52 bits per heavy atom. The third-order valence-electron chi connectivity index (χ3n) is 4.50. The zero-order valence-electron chi connectivity index (χ0n) is 12.9. The molecule has 2 aliphatic rings. The molecule has 5 nitrogen and oxygen atoms in total. The van der Waals surface area contributed by atoms with Crippen LogP contribution in [0.15, 0.2) is 24.3 Å². The Kier molecular flexibility index (Phi) is 3.92. The Hall–Kier alpha value is -2.24. The minimum atomic E-state index is -1.35. The van der Waals surface area contributed by atoms with Crippen molar-refractivity contribution in [3.63, 3.8) is 0 Å². The third-order valence-corrected chi connectivity index (χ3v) is 4.50. The number of ether oxygens (including phenoxy) is 1. The number of esters is 1. The van der Waals surface area contributed by atoms with E-state index < -0.39 is 23.2 Å². The molecular formula is C17H18FNO4. The van der Waals surface area contributed by atoms with Gasteiger partial charge in [0.25, 0.3) is 0 Å². The lowest BCUT2D eigenvalue weighted by molar-refractivity contribution is -0.164. The summed E-state index contributed by atoms with van der Waals surface area (Å²) < 4.78 is 17.9. The first-order valence-electron chi connectivity index (χ1n) is 7.71. The van der Waals surface area contributed by atoms with Gasteiger partial charge in [0.1, 0.15) is 5.82 Å². The smallest absolute Gasteiger partial charge is 0.326 e. The van der Waals surface area contributed by atoms with Gasteiger partial charge in [0.05, 0.1) is 6.61 Å². The maximum absolute atomic E-state index is 13.0. The second kappa shape index (κ2) is 5.76. The highest BCUT2D eigenvalue weighted by Crippen LogP contribution is 2.51. The number of ketones is 1. The van der Waals surface area contributed by atoms with Gasteiger partial charge in [-0.05, 0) is 37.5 Å². The molecule has 1 saturated carbocycles. The van der Waals surface area contributed by atoms with E-state index in [2.05, 4.69) is 0 Å². The van der Waals surface area contributed by atoms with Crippen molar-refractivity contribution >= 4 is 17.7 Å². The standard InChI is InChI=1S/C17H18FNO4/c1-2-23-16(22)13-14(20)17(7-8-17)10-19(15(13)21)9-11-3-5-12(18)6-4-11/h3-6,13H,2,7-10H2,1H3. The number of hydrogen-bond donors (Lipinski definition) is 0. The lowest BCUT2D eigenvalue weighted by atomic mass is 9.84. The van der Waals surface area contributed by atoms with Gasteiger partial charge in [-0.3, -0.25) is 14.4 Å². The fraction of sp³-hybridized carbons (Fsp3) is 0.471. The Bertz CT molecular complexity index is 651. The SMILES string of the molecule is CCOC(=O)C1C(=O)N(Cc2ccc(F)cc2)CC2(CC2)C1=O. The normalized spacial score (nSPS) is 22.3. The van der Waals surface area contributed by atoms with Crippen LogP contribution in [0.3, 0.4) is 0 Å². The van der Waals surface area contributed by atoms with E-state index in [-0.39, 0.29) is 24.8 Å². The molecular weight excluding hydrogens is 301 g/mol. The van der Waals surface area contributed by atoms with Crippen LogP contribution in [0.1, 0.15) is 25.3 Å². The van der Waals surface area contributed by atoms with Gasteiger partial charge in [-0.15, -0.1) is 0 Å². The summed E-state index contributed by atoms with van der Waals surface area (Å²) >= 11 is 0. The van der Waals surface area contributed by atoms with Gasteiger partial charge in [-0.1, -0.05) is 12.1 Å². The van der Waals surface area contributed by atoms with Gasteiger partial charge in [0.15, 0.2) is 11.7 Å². The fourth-order valence-corrected chi connectivity index (χ4v) is 3.05. The number of likely N-dealkylation sites (tertiary alicyclic amines) is 1. The van der Waals surface area contributed by atoms with Crippen LogP contribution >= 0.6 is 0 Å². The van der Waals surface area contributed by atoms with Crippen molar-refractivity contribution in [1.29, 1.82) is 0 Å². The van der Waals surface area contributed by atoms with E-state index in [1.807, 2.05) is 0 Å². The second-order valence-electron chi connectivity index (χ2n) is 6.15. The lowest BCUT2D eigenvalue weighted by Crippen LogP contribution is -2.54. The summed E-state index contributed by atoms with van der Waals surface area (Å²) in [4.78, 5) is 38.6. The lowest BCUT2D eigenvalue weighted by Gasteiger charge is -2.35. The number of piperidine rings is 1. The number of Topliss-reactive ketones (excluding diaryl/α,β-unsaturated/α-hetero) is 1. The molecule has 1 aromatic carbocycles. The van der Waals surface area contributed by atoms with Crippen LogP contribution in [0.2, 0.25) is 0 Å². The van der Waals surface area contributed by atoms with Crippen molar-refractivity contribution in [2.45, 2.75) is 26.3 Å². The van der Waals surface area contributed by atoms with Gasteiger partial charge >= 0.3 is 5.97 Å². The number of nitrogens with zero attached hydrogens (tertiary/aromatic N) is 1. The molecule has 0 N–H and O–H groups in total. The summed E-state index contributed by atoms with van der Waals surface area (Å²) in [6, 6.07) is 5.84. The van der Waals surface area contributed by atoms with Crippen molar-refractivity contribution in [2.24, 2.45) is 11.3 Å². The van der Waals surface area contributed by atoms with Crippen LogP contribution in [-0.4, -0.2) is 35.7 Å². The van der Waals surface area contributed by atoms with Crippen molar-refractivity contribution < 1.29 is 23.5 Å². The molecule has 1 aliphatic heterocycles. The molecule has 2 fully saturated rings. The molecule has 1 heterocycles. The van der Waals surface area contributed by atoms with Crippen molar-refractivity contribution in [3.8, 4) is 0 Å². The molecule has 0 radical (unpaired) electrons. The largest absolute Gasteiger partial charge is 0.465 e. The summed E-state index contributed by atoms with van der Waals surface area (Å²) in [7, 11) is 0. The van der Waals surface area contributed by atoms with E-state index in [1.165, 1.54) is 17.0 Å². The quantitative estimate of drug-likeness (QED) is 0.626. The van der Waals surface area contributed by atoms with E-state index in [4.69, 9.17) is 4.74 Å². The van der Waals surface area contributed by atoms with Gasteiger partial charge in [0, 0.05) is 18.5 Å². The molecule has 1 saturated heterocycles. The van der Waals surface area contributed by atoms with Crippen LogP contribution < -0.4 is 0 Å². The minimum absolute atomic E-state index is 0.126. The monoisotopic (exact) mass is 319 g/mol. The Labute approximate surface area is 133 Å². The summed E-state index contributed by atoms with van der Waals surface area (Å²) in [6.45, 7) is 2.34. The summed E-state index contributed by atoms with van der Waals surface area (Å²) in [5.74, 6) is -3.30. The molecule has 1 aromatic rings. The van der Waals surface area contributed by atoms with Crippen LogP contribution in [0.4, 0.5) is 4.39 Å². The Morgan fingerprint density at radius 1 is 1.30 bits per heavy atom. The van der Waals surface area contributed by atoms with E-state index in [0.29, 0.717) is 19.4 Å². The van der Waals surface area contributed by atoms with E-state index in [9.17, 15) is 18.8 Å².